The van der Waals surface area contributed by atoms with Gasteiger partial charge in [-0.3, -0.25) is 0 Å². The third-order valence-electron chi connectivity index (χ3n) is 3.70. The molecule has 0 aromatic rings. The van der Waals surface area contributed by atoms with E-state index < -0.39 is 0 Å². The Kier molecular flexibility index (Phi) is 4.00. The molecule has 2 atom stereocenters. The quantitative estimate of drug-likeness (QED) is 0.748. The van der Waals surface area contributed by atoms with Crippen LogP contribution < -0.4 is 5.73 Å². The molecule has 3 nitrogen and oxygen atoms in total. The molecule has 88 valence electrons. The van der Waals surface area contributed by atoms with Crippen LogP contribution in [0.25, 0.3) is 0 Å². The van der Waals surface area contributed by atoms with Crippen molar-refractivity contribution in [2.45, 2.75) is 32.2 Å². The molecule has 2 heterocycles. The summed E-state index contributed by atoms with van der Waals surface area (Å²) in [5.74, 6) is 0.785. The predicted molar refractivity (Wildman–Crippen MR) is 63.9 cm³/mol. The van der Waals surface area contributed by atoms with Crippen molar-refractivity contribution >= 4 is 0 Å². The van der Waals surface area contributed by atoms with Gasteiger partial charge in [-0.1, -0.05) is 6.92 Å². The van der Waals surface area contributed by atoms with E-state index in [1.165, 1.54) is 52.0 Å². The van der Waals surface area contributed by atoms with E-state index in [1.807, 2.05) is 0 Å². The third-order valence-corrected chi connectivity index (χ3v) is 3.70. The van der Waals surface area contributed by atoms with Gasteiger partial charge in [0.15, 0.2) is 0 Å². The maximum absolute atomic E-state index is 6.04. The van der Waals surface area contributed by atoms with Gasteiger partial charge in [-0.2, -0.15) is 0 Å². The van der Waals surface area contributed by atoms with Crippen LogP contribution in [0.15, 0.2) is 0 Å². The smallest absolute Gasteiger partial charge is 0.0170 e. The highest BCUT2D eigenvalue weighted by atomic mass is 15.2. The van der Waals surface area contributed by atoms with Crippen LogP contribution in [0, 0.1) is 5.92 Å². The van der Waals surface area contributed by atoms with Crippen molar-refractivity contribution in [3.63, 3.8) is 0 Å². The second-order valence-electron chi connectivity index (χ2n) is 5.41. The van der Waals surface area contributed by atoms with Crippen LogP contribution in [0.5, 0.6) is 0 Å². The fourth-order valence-corrected chi connectivity index (χ4v) is 2.98. The zero-order valence-electron chi connectivity index (χ0n) is 9.99. The van der Waals surface area contributed by atoms with E-state index >= 15 is 0 Å². The van der Waals surface area contributed by atoms with Crippen molar-refractivity contribution < 1.29 is 0 Å². The molecule has 2 N–H and O–H groups in total. The molecule has 3 heteroatoms. The Bertz CT molecular complexity index is 179. The van der Waals surface area contributed by atoms with Gasteiger partial charge in [0, 0.05) is 32.2 Å². The average molecular weight is 211 g/mol. The molecule has 2 aliphatic rings. The topological polar surface area (TPSA) is 32.5 Å². The summed E-state index contributed by atoms with van der Waals surface area (Å²) >= 11 is 0. The fraction of sp³-hybridized carbons (Fsp3) is 1.00. The number of hydrogen-bond acceptors (Lipinski definition) is 3. The van der Waals surface area contributed by atoms with Crippen LogP contribution in [0.4, 0.5) is 0 Å². The second kappa shape index (κ2) is 5.28. The van der Waals surface area contributed by atoms with Crippen molar-refractivity contribution in [3.8, 4) is 0 Å². The summed E-state index contributed by atoms with van der Waals surface area (Å²) in [5, 5.41) is 0. The van der Waals surface area contributed by atoms with Crippen LogP contribution in [-0.2, 0) is 0 Å². The molecule has 0 aromatic heterocycles. The van der Waals surface area contributed by atoms with E-state index in [0.29, 0.717) is 6.04 Å². The summed E-state index contributed by atoms with van der Waals surface area (Å²) in [7, 11) is 0. The SMILES string of the molecule is CC1CC(N)CN(CCN2CCCC2)C1. The van der Waals surface area contributed by atoms with E-state index in [4.69, 9.17) is 5.73 Å². The first kappa shape index (κ1) is 11.4. The zero-order chi connectivity index (χ0) is 10.7. The van der Waals surface area contributed by atoms with Gasteiger partial charge in [0.25, 0.3) is 0 Å². The largest absolute Gasteiger partial charge is 0.327 e. The average Bonchev–Trinajstić information content (AvgIpc) is 2.65. The highest BCUT2D eigenvalue weighted by Crippen LogP contribution is 2.15. The van der Waals surface area contributed by atoms with Gasteiger partial charge in [0.1, 0.15) is 0 Å². The Hall–Kier alpha value is -0.120. The van der Waals surface area contributed by atoms with Crippen LogP contribution >= 0.6 is 0 Å². The predicted octanol–water partition coefficient (Wildman–Crippen LogP) is 0.751. The van der Waals surface area contributed by atoms with Crippen molar-refractivity contribution in [3.05, 3.63) is 0 Å². The molecular weight excluding hydrogens is 186 g/mol. The Morgan fingerprint density at radius 1 is 1.07 bits per heavy atom. The highest BCUT2D eigenvalue weighted by molar-refractivity contribution is 4.80. The van der Waals surface area contributed by atoms with E-state index in [1.54, 1.807) is 0 Å². The van der Waals surface area contributed by atoms with Crippen LogP contribution in [0.1, 0.15) is 26.2 Å². The Morgan fingerprint density at radius 3 is 2.40 bits per heavy atom. The van der Waals surface area contributed by atoms with Crippen molar-refractivity contribution in [2.75, 3.05) is 39.3 Å². The minimum atomic E-state index is 0.410. The molecule has 0 bridgehead atoms. The minimum absolute atomic E-state index is 0.410. The minimum Gasteiger partial charge on any atom is -0.327 e. The number of hydrogen-bond donors (Lipinski definition) is 1. The first-order valence-electron chi connectivity index (χ1n) is 6.44. The van der Waals surface area contributed by atoms with E-state index in [9.17, 15) is 0 Å². The molecule has 2 rings (SSSR count). The fourth-order valence-electron chi connectivity index (χ4n) is 2.98. The van der Waals surface area contributed by atoms with E-state index in [0.717, 1.165) is 12.5 Å². The second-order valence-corrected chi connectivity index (χ2v) is 5.41. The number of nitrogens with two attached hydrogens (primary N) is 1. The van der Waals surface area contributed by atoms with Gasteiger partial charge in [-0.15, -0.1) is 0 Å². The Labute approximate surface area is 93.6 Å². The Balaban J connectivity index is 1.69. The normalized spacial score (nSPS) is 34.8. The zero-order valence-corrected chi connectivity index (χ0v) is 9.99. The van der Waals surface area contributed by atoms with Crippen molar-refractivity contribution in [1.82, 2.24) is 9.80 Å². The molecule has 0 amide bonds. The lowest BCUT2D eigenvalue weighted by atomic mass is 9.97. The number of likely N-dealkylation sites (tertiary alicyclic amines) is 2. The van der Waals surface area contributed by atoms with Gasteiger partial charge in [-0.05, 0) is 38.3 Å². The lowest BCUT2D eigenvalue weighted by molar-refractivity contribution is 0.148. The van der Waals surface area contributed by atoms with Crippen molar-refractivity contribution in [1.29, 1.82) is 0 Å². The van der Waals surface area contributed by atoms with Gasteiger partial charge < -0.3 is 15.5 Å². The summed E-state index contributed by atoms with van der Waals surface area (Å²) in [6.07, 6.45) is 4.01. The molecule has 0 aromatic carbocycles. The van der Waals surface area contributed by atoms with Crippen LogP contribution in [0.2, 0.25) is 0 Å². The summed E-state index contributed by atoms with van der Waals surface area (Å²) in [6, 6.07) is 0.410. The van der Waals surface area contributed by atoms with Gasteiger partial charge in [0.2, 0.25) is 0 Å². The monoisotopic (exact) mass is 211 g/mol. The summed E-state index contributed by atoms with van der Waals surface area (Å²) < 4.78 is 0. The molecule has 15 heavy (non-hydrogen) atoms. The van der Waals surface area contributed by atoms with Gasteiger partial charge in [0.05, 0.1) is 0 Å². The lowest BCUT2D eigenvalue weighted by Crippen LogP contribution is -2.48. The molecule has 0 spiro atoms. The Morgan fingerprint density at radius 2 is 1.73 bits per heavy atom. The van der Waals surface area contributed by atoms with Crippen LogP contribution in [-0.4, -0.2) is 55.1 Å². The molecule has 2 saturated heterocycles. The molecule has 0 aliphatic carbocycles. The van der Waals surface area contributed by atoms with Crippen LogP contribution in [0.3, 0.4) is 0 Å². The first-order chi connectivity index (χ1) is 7.24. The van der Waals surface area contributed by atoms with Gasteiger partial charge >= 0.3 is 0 Å². The molecule has 2 unspecified atom stereocenters. The number of nitrogens with zero attached hydrogens (tertiary/aromatic N) is 2. The lowest BCUT2D eigenvalue weighted by Gasteiger charge is -2.35. The third kappa shape index (κ3) is 3.44. The first-order valence-corrected chi connectivity index (χ1v) is 6.44. The molecule has 0 saturated carbocycles. The number of rotatable bonds is 3. The van der Waals surface area contributed by atoms with Gasteiger partial charge in [-0.25, -0.2) is 0 Å². The van der Waals surface area contributed by atoms with Crippen molar-refractivity contribution in [2.24, 2.45) is 11.7 Å². The molecule has 0 radical (unpaired) electrons. The molecule has 2 aliphatic heterocycles. The standard InChI is InChI=1S/C12H25N3/c1-11-8-12(13)10-15(9-11)7-6-14-4-2-3-5-14/h11-12H,2-10,13H2,1H3. The molecular formula is C12H25N3. The maximum atomic E-state index is 6.04. The summed E-state index contributed by atoms with van der Waals surface area (Å²) in [4.78, 5) is 5.14. The van der Waals surface area contributed by atoms with E-state index in [2.05, 4.69) is 16.7 Å². The highest BCUT2D eigenvalue weighted by Gasteiger charge is 2.22. The summed E-state index contributed by atoms with van der Waals surface area (Å²) in [5.41, 5.74) is 6.04. The maximum Gasteiger partial charge on any atom is 0.0170 e. The van der Waals surface area contributed by atoms with E-state index in [-0.39, 0.29) is 0 Å². The molecule has 2 fully saturated rings. The number of piperidine rings is 1. The summed E-state index contributed by atoms with van der Waals surface area (Å²) in [6.45, 7) is 9.78.